The van der Waals surface area contributed by atoms with Gasteiger partial charge in [0, 0.05) is 38.3 Å². The van der Waals surface area contributed by atoms with Gasteiger partial charge in [0.15, 0.2) is 0 Å². The molecule has 4 rings (SSSR count). The second-order valence-electron chi connectivity index (χ2n) is 7.27. The quantitative estimate of drug-likeness (QED) is 0.794. The molecular weight excluding hydrogens is 308 g/mol. The summed E-state index contributed by atoms with van der Waals surface area (Å²) in [7, 11) is 0. The van der Waals surface area contributed by atoms with Gasteiger partial charge in [0.2, 0.25) is 0 Å². The molecule has 0 aromatic heterocycles. The molecule has 130 valence electrons. The summed E-state index contributed by atoms with van der Waals surface area (Å²) in [5.74, 6) is 0.974. The molecule has 0 radical (unpaired) electrons. The Bertz CT molecular complexity index is 769. The van der Waals surface area contributed by atoms with Crippen LogP contribution >= 0.6 is 0 Å². The Balaban J connectivity index is 1.40. The van der Waals surface area contributed by atoms with E-state index >= 15 is 0 Å². The zero-order valence-corrected chi connectivity index (χ0v) is 14.7. The lowest BCUT2D eigenvalue weighted by molar-refractivity contribution is 0.0616. The van der Waals surface area contributed by atoms with Crippen molar-refractivity contribution >= 4 is 16.7 Å². The van der Waals surface area contributed by atoms with Gasteiger partial charge in [-0.25, -0.2) is 0 Å². The van der Waals surface area contributed by atoms with Crippen molar-refractivity contribution in [2.75, 3.05) is 32.7 Å². The van der Waals surface area contributed by atoms with Crippen LogP contribution in [0.5, 0.6) is 0 Å². The fourth-order valence-corrected chi connectivity index (χ4v) is 4.10. The number of benzene rings is 2. The highest BCUT2D eigenvalue weighted by Gasteiger charge is 2.24. The van der Waals surface area contributed by atoms with Crippen LogP contribution < -0.4 is 0 Å². The van der Waals surface area contributed by atoms with Gasteiger partial charge in [-0.2, -0.15) is 0 Å². The summed E-state index contributed by atoms with van der Waals surface area (Å²) >= 11 is 0. The van der Waals surface area contributed by atoms with Crippen LogP contribution in [0, 0.1) is 5.92 Å². The van der Waals surface area contributed by atoms with E-state index in [0.717, 1.165) is 48.4 Å². The van der Waals surface area contributed by atoms with E-state index in [4.69, 9.17) is 0 Å². The first-order valence-corrected chi connectivity index (χ1v) is 9.45. The summed E-state index contributed by atoms with van der Waals surface area (Å²) in [6.45, 7) is 4.85. The van der Waals surface area contributed by atoms with Gasteiger partial charge in [-0.3, -0.25) is 9.69 Å². The first-order valence-electron chi connectivity index (χ1n) is 9.45. The second-order valence-corrected chi connectivity index (χ2v) is 7.27. The number of rotatable bonds is 3. The maximum atomic E-state index is 13.0. The van der Waals surface area contributed by atoms with Gasteiger partial charge in [0.05, 0.1) is 0 Å². The van der Waals surface area contributed by atoms with Crippen LogP contribution in [0.15, 0.2) is 54.6 Å². The first kappa shape index (κ1) is 16.3. The van der Waals surface area contributed by atoms with Gasteiger partial charge in [-0.15, -0.1) is 0 Å². The normalized spacial score (nSPS) is 21.6. The number of hydrogen-bond donors (Lipinski definition) is 0. The van der Waals surface area contributed by atoms with E-state index in [1.807, 2.05) is 29.2 Å². The van der Waals surface area contributed by atoms with Crippen LogP contribution in [0.4, 0.5) is 0 Å². The number of carbonyl (C=O) groups is 1. The monoisotopic (exact) mass is 334 g/mol. The van der Waals surface area contributed by atoms with Crippen LogP contribution in [0.25, 0.3) is 10.8 Å². The van der Waals surface area contributed by atoms with E-state index in [1.54, 1.807) is 0 Å². The lowest BCUT2D eigenvalue weighted by atomic mass is 9.94. The van der Waals surface area contributed by atoms with Gasteiger partial charge in [-0.05, 0) is 42.0 Å². The molecule has 2 aromatic rings. The van der Waals surface area contributed by atoms with Gasteiger partial charge in [-0.1, -0.05) is 48.6 Å². The Morgan fingerprint density at radius 1 is 0.960 bits per heavy atom. The topological polar surface area (TPSA) is 23.6 Å². The summed E-state index contributed by atoms with van der Waals surface area (Å²) in [5.41, 5.74) is 0.837. The predicted octanol–water partition coefficient (Wildman–Crippen LogP) is 3.95. The maximum absolute atomic E-state index is 13.0. The predicted molar refractivity (Wildman–Crippen MR) is 103 cm³/mol. The molecule has 2 aliphatic rings. The third kappa shape index (κ3) is 3.62. The Hall–Kier alpha value is -2.13. The highest BCUT2D eigenvalue weighted by molar-refractivity contribution is 6.07. The number of piperazine rings is 1. The molecule has 3 nitrogen and oxygen atoms in total. The molecule has 0 N–H and O–H groups in total. The number of fused-ring (bicyclic) bond motifs is 1. The molecule has 25 heavy (non-hydrogen) atoms. The Morgan fingerprint density at radius 3 is 2.56 bits per heavy atom. The van der Waals surface area contributed by atoms with Gasteiger partial charge in [0.25, 0.3) is 5.91 Å². The Morgan fingerprint density at radius 2 is 1.76 bits per heavy atom. The van der Waals surface area contributed by atoms with Crippen LogP contribution in [-0.2, 0) is 0 Å². The molecule has 1 aliphatic carbocycles. The number of allylic oxidation sites excluding steroid dienone is 2. The van der Waals surface area contributed by atoms with E-state index in [0.29, 0.717) is 0 Å². The zero-order chi connectivity index (χ0) is 17.1. The summed E-state index contributed by atoms with van der Waals surface area (Å²) in [4.78, 5) is 17.6. The second kappa shape index (κ2) is 7.40. The Labute approximate surface area is 149 Å². The van der Waals surface area contributed by atoms with Crippen molar-refractivity contribution in [3.05, 3.63) is 60.2 Å². The van der Waals surface area contributed by atoms with Crippen molar-refractivity contribution in [2.24, 2.45) is 5.92 Å². The molecule has 2 aromatic carbocycles. The number of carbonyl (C=O) groups excluding carboxylic acids is 1. The molecule has 1 amide bonds. The molecule has 3 heteroatoms. The van der Waals surface area contributed by atoms with Crippen molar-refractivity contribution in [1.29, 1.82) is 0 Å². The van der Waals surface area contributed by atoms with Crippen molar-refractivity contribution in [3.63, 3.8) is 0 Å². The van der Waals surface area contributed by atoms with Crippen LogP contribution in [0.1, 0.15) is 29.6 Å². The van der Waals surface area contributed by atoms with Crippen molar-refractivity contribution in [1.82, 2.24) is 9.80 Å². The molecular formula is C22H26N2O. The van der Waals surface area contributed by atoms with Crippen molar-refractivity contribution in [2.45, 2.75) is 19.3 Å². The largest absolute Gasteiger partial charge is 0.336 e. The lowest BCUT2D eigenvalue weighted by Crippen LogP contribution is -2.49. The van der Waals surface area contributed by atoms with Crippen LogP contribution in [-0.4, -0.2) is 48.4 Å². The summed E-state index contributed by atoms with van der Waals surface area (Å²) in [6, 6.07) is 14.2. The van der Waals surface area contributed by atoms with E-state index < -0.39 is 0 Å². The van der Waals surface area contributed by atoms with E-state index in [-0.39, 0.29) is 5.91 Å². The van der Waals surface area contributed by atoms with Gasteiger partial charge < -0.3 is 4.90 Å². The fraction of sp³-hybridized carbons (Fsp3) is 0.409. The van der Waals surface area contributed by atoms with E-state index in [9.17, 15) is 4.79 Å². The minimum absolute atomic E-state index is 0.178. The highest BCUT2D eigenvalue weighted by Crippen LogP contribution is 2.22. The van der Waals surface area contributed by atoms with Crippen LogP contribution in [0.2, 0.25) is 0 Å². The number of hydrogen-bond acceptors (Lipinski definition) is 2. The number of amides is 1. The molecule has 0 unspecified atom stereocenters. The number of nitrogens with zero attached hydrogens (tertiary/aromatic N) is 2. The maximum Gasteiger partial charge on any atom is 0.254 e. The van der Waals surface area contributed by atoms with Gasteiger partial charge in [0.1, 0.15) is 0 Å². The summed E-state index contributed by atoms with van der Waals surface area (Å²) in [5, 5.41) is 2.20. The van der Waals surface area contributed by atoms with Gasteiger partial charge >= 0.3 is 0 Å². The Kier molecular flexibility index (Phi) is 4.84. The SMILES string of the molecule is O=C(c1cccc2ccccc12)N1CCN(C[C@H]2CC=CCC2)CC1. The fourth-order valence-electron chi connectivity index (χ4n) is 4.10. The van der Waals surface area contributed by atoms with E-state index in [1.165, 1.54) is 25.8 Å². The van der Waals surface area contributed by atoms with E-state index in [2.05, 4.69) is 35.3 Å². The molecule has 0 bridgehead atoms. The minimum Gasteiger partial charge on any atom is -0.336 e. The highest BCUT2D eigenvalue weighted by atomic mass is 16.2. The molecule has 1 heterocycles. The third-order valence-corrected chi connectivity index (χ3v) is 5.57. The lowest BCUT2D eigenvalue weighted by Gasteiger charge is -2.37. The molecule has 0 saturated carbocycles. The zero-order valence-electron chi connectivity index (χ0n) is 14.7. The summed E-state index contributed by atoms with van der Waals surface area (Å²) < 4.78 is 0. The average molecular weight is 334 g/mol. The minimum atomic E-state index is 0.178. The molecule has 0 spiro atoms. The smallest absolute Gasteiger partial charge is 0.254 e. The van der Waals surface area contributed by atoms with Crippen molar-refractivity contribution < 1.29 is 4.79 Å². The molecule has 1 fully saturated rings. The third-order valence-electron chi connectivity index (χ3n) is 5.57. The molecule has 1 saturated heterocycles. The molecule has 1 aliphatic heterocycles. The molecule has 1 atom stereocenters. The van der Waals surface area contributed by atoms with Crippen molar-refractivity contribution in [3.8, 4) is 0 Å². The standard InChI is InChI=1S/C22H26N2O/c25-22(21-12-6-10-19-9-4-5-11-20(19)21)24-15-13-23(14-16-24)17-18-7-2-1-3-8-18/h1-2,4-6,9-12,18H,3,7-8,13-17H2/t18-/m0/s1. The van der Waals surface area contributed by atoms with Crippen LogP contribution in [0.3, 0.4) is 0 Å². The first-order chi connectivity index (χ1) is 12.3. The average Bonchev–Trinajstić information content (AvgIpc) is 2.68. The summed E-state index contributed by atoms with van der Waals surface area (Å²) in [6.07, 6.45) is 8.39.